The quantitative estimate of drug-likeness (QED) is 0.699. The highest BCUT2D eigenvalue weighted by Gasteiger charge is 2.07. The molecule has 1 amide bonds. The van der Waals surface area contributed by atoms with E-state index in [1.54, 1.807) is 12.1 Å². The average molecular weight is 361 g/mol. The number of sulfonamides is 1. The number of anilines is 1. The highest BCUT2D eigenvalue weighted by atomic mass is 32.2. The van der Waals surface area contributed by atoms with Crippen LogP contribution in [0.3, 0.4) is 0 Å². The Balaban J connectivity index is 1.76. The van der Waals surface area contributed by atoms with Gasteiger partial charge in [-0.25, -0.2) is 13.6 Å². The van der Waals surface area contributed by atoms with Crippen LogP contribution < -0.4 is 15.8 Å². The second kappa shape index (κ2) is 8.13. The van der Waals surface area contributed by atoms with Gasteiger partial charge in [-0.15, -0.1) is 0 Å². The molecule has 0 unspecified atom stereocenters. The molecule has 4 N–H and O–H groups in total. The Labute approximate surface area is 148 Å². The minimum atomic E-state index is -3.67. The summed E-state index contributed by atoms with van der Waals surface area (Å²) in [5.74, 6) is -0.0969. The summed E-state index contributed by atoms with van der Waals surface area (Å²) in [6, 6.07) is 12.4. The number of hydrogen-bond acceptors (Lipinski definition) is 4. The molecule has 6 nitrogen and oxygen atoms in total. The van der Waals surface area contributed by atoms with E-state index < -0.39 is 10.0 Å². The Kier molecular flexibility index (Phi) is 6.17. The molecule has 134 valence electrons. The Morgan fingerprint density at radius 1 is 1.04 bits per heavy atom. The normalized spacial score (nSPS) is 11.2. The lowest BCUT2D eigenvalue weighted by Crippen LogP contribution is -2.31. The molecule has 0 fully saturated rings. The van der Waals surface area contributed by atoms with E-state index in [1.165, 1.54) is 12.1 Å². The number of nitrogens with two attached hydrogens (primary N) is 1. The number of amides is 1. The van der Waals surface area contributed by atoms with Crippen LogP contribution in [0.4, 0.5) is 5.69 Å². The van der Waals surface area contributed by atoms with Gasteiger partial charge in [0.1, 0.15) is 0 Å². The second-order valence-electron chi connectivity index (χ2n) is 6.02. The van der Waals surface area contributed by atoms with Crippen molar-refractivity contribution in [3.05, 3.63) is 59.2 Å². The first kappa shape index (κ1) is 19.0. The number of hydrogen-bond donors (Lipinski definition) is 3. The molecule has 0 aliphatic carbocycles. The summed E-state index contributed by atoms with van der Waals surface area (Å²) in [5.41, 5.74) is 4.14. The Hall–Kier alpha value is -2.38. The van der Waals surface area contributed by atoms with Crippen LogP contribution in [0.2, 0.25) is 0 Å². The van der Waals surface area contributed by atoms with E-state index in [0.717, 1.165) is 22.4 Å². The van der Waals surface area contributed by atoms with Crippen LogP contribution >= 0.6 is 0 Å². The van der Waals surface area contributed by atoms with Gasteiger partial charge in [0.2, 0.25) is 15.9 Å². The molecule has 2 aromatic carbocycles. The number of benzene rings is 2. The molecular formula is C18H23N3O3S. The standard InChI is InChI=1S/C18H23N3O3S/c1-13-9-14(2)11-16(10-13)21-12-18(22)20-8-7-15-3-5-17(6-4-15)25(19,23)24/h3-6,9-11,21H,7-8,12H2,1-2H3,(H,20,22)(H2,19,23,24). The van der Waals surface area contributed by atoms with E-state index in [0.29, 0.717) is 13.0 Å². The van der Waals surface area contributed by atoms with Gasteiger partial charge in [0.15, 0.2) is 0 Å². The predicted molar refractivity (Wildman–Crippen MR) is 98.9 cm³/mol. The summed E-state index contributed by atoms with van der Waals surface area (Å²) in [7, 11) is -3.67. The lowest BCUT2D eigenvalue weighted by molar-refractivity contribution is -0.119. The molecular weight excluding hydrogens is 338 g/mol. The number of primary sulfonamides is 1. The molecule has 0 spiro atoms. The molecule has 0 aromatic heterocycles. The van der Waals surface area contributed by atoms with Crippen LogP contribution in [0.25, 0.3) is 0 Å². The van der Waals surface area contributed by atoms with Gasteiger partial charge in [-0.1, -0.05) is 18.2 Å². The fourth-order valence-electron chi connectivity index (χ4n) is 2.51. The highest BCUT2D eigenvalue weighted by molar-refractivity contribution is 7.89. The SMILES string of the molecule is Cc1cc(C)cc(NCC(=O)NCCc2ccc(S(N)(=O)=O)cc2)c1. The zero-order valence-electron chi connectivity index (χ0n) is 14.4. The van der Waals surface area contributed by atoms with Crippen LogP contribution in [0.15, 0.2) is 47.4 Å². The lowest BCUT2D eigenvalue weighted by Gasteiger charge is -2.09. The van der Waals surface area contributed by atoms with Crippen molar-refractivity contribution in [2.24, 2.45) is 5.14 Å². The van der Waals surface area contributed by atoms with Crippen LogP contribution in [0.1, 0.15) is 16.7 Å². The smallest absolute Gasteiger partial charge is 0.239 e. The molecule has 0 saturated carbocycles. The topological polar surface area (TPSA) is 101 Å². The summed E-state index contributed by atoms with van der Waals surface area (Å²) in [6.45, 7) is 4.70. The van der Waals surface area contributed by atoms with E-state index in [2.05, 4.69) is 16.7 Å². The maximum absolute atomic E-state index is 11.9. The molecule has 0 saturated heterocycles. The van der Waals surface area contributed by atoms with Gasteiger partial charge in [0.25, 0.3) is 0 Å². The van der Waals surface area contributed by atoms with Crippen molar-refractivity contribution in [2.45, 2.75) is 25.2 Å². The predicted octanol–water partition coefficient (Wildman–Crippen LogP) is 1.72. The molecule has 2 rings (SSSR count). The summed E-state index contributed by atoms with van der Waals surface area (Å²) < 4.78 is 22.4. The minimum absolute atomic E-state index is 0.0814. The van der Waals surface area contributed by atoms with E-state index in [4.69, 9.17) is 5.14 Å². The Morgan fingerprint density at radius 2 is 1.64 bits per heavy atom. The van der Waals surface area contributed by atoms with Crippen molar-refractivity contribution in [1.82, 2.24) is 5.32 Å². The van der Waals surface area contributed by atoms with Crippen LogP contribution in [-0.2, 0) is 21.2 Å². The zero-order valence-corrected chi connectivity index (χ0v) is 15.2. The van der Waals surface area contributed by atoms with Crippen LogP contribution in [0, 0.1) is 13.8 Å². The number of nitrogens with one attached hydrogen (secondary N) is 2. The molecule has 0 radical (unpaired) electrons. The molecule has 7 heteroatoms. The molecule has 0 atom stereocenters. The fraction of sp³-hybridized carbons (Fsp3) is 0.278. The highest BCUT2D eigenvalue weighted by Crippen LogP contribution is 2.13. The summed E-state index contributed by atoms with van der Waals surface area (Å²) in [5, 5.41) is 11.0. The van der Waals surface area contributed by atoms with Crippen molar-refractivity contribution >= 4 is 21.6 Å². The van der Waals surface area contributed by atoms with E-state index in [1.807, 2.05) is 26.0 Å². The van der Waals surface area contributed by atoms with Gasteiger partial charge in [-0.3, -0.25) is 4.79 Å². The molecule has 2 aromatic rings. The zero-order chi connectivity index (χ0) is 18.4. The largest absolute Gasteiger partial charge is 0.376 e. The molecule has 0 heterocycles. The first-order valence-electron chi connectivity index (χ1n) is 7.94. The Bertz CT molecular complexity index is 826. The first-order chi connectivity index (χ1) is 11.7. The summed E-state index contributed by atoms with van der Waals surface area (Å²) >= 11 is 0. The monoisotopic (exact) mass is 361 g/mol. The van der Waals surface area contributed by atoms with Crippen molar-refractivity contribution in [3.8, 4) is 0 Å². The number of carbonyl (C=O) groups is 1. The van der Waals surface area contributed by atoms with Gasteiger partial charge in [0.05, 0.1) is 11.4 Å². The molecule has 0 aliphatic heterocycles. The first-order valence-corrected chi connectivity index (χ1v) is 9.49. The second-order valence-corrected chi connectivity index (χ2v) is 7.58. The van der Waals surface area contributed by atoms with Gasteiger partial charge >= 0.3 is 0 Å². The molecule has 25 heavy (non-hydrogen) atoms. The van der Waals surface area contributed by atoms with E-state index in [9.17, 15) is 13.2 Å². The van der Waals surface area contributed by atoms with Gasteiger partial charge in [-0.05, 0) is 61.2 Å². The Morgan fingerprint density at radius 3 is 2.20 bits per heavy atom. The third-order valence-corrected chi connectivity index (χ3v) is 4.59. The van der Waals surface area contributed by atoms with E-state index >= 15 is 0 Å². The fourth-order valence-corrected chi connectivity index (χ4v) is 3.03. The minimum Gasteiger partial charge on any atom is -0.376 e. The van der Waals surface area contributed by atoms with Crippen LogP contribution in [0.5, 0.6) is 0 Å². The number of rotatable bonds is 7. The maximum Gasteiger partial charge on any atom is 0.239 e. The van der Waals surface area contributed by atoms with E-state index in [-0.39, 0.29) is 17.3 Å². The van der Waals surface area contributed by atoms with Gasteiger partial charge in [-0.2, -0.15) is 0 Å². The third kappa shape index (κ3) is 6.21. The summed E-state index contributed by atoms with van der Waals surface area (Å²) in [6.07, 6.45) is 0.611. The maximum atomic E-state index is 11.9. The summed E-state index contributed by atoms with van der Waals surface area (Å²) in [4.78, 5) is 12.0. The van der Waals surface area contributed by atoms with Crippen LogP contribution in [-0.4, -0.2) is 27.4 Å². The molecule has 0 bridgehead atoms. The molecule has 0 aliphatic rings. The van der Waals surface area contributed by atoms with Gasteiger partial charge < -0.3 is 10.6 Å². The lowest BCUT2D eigenvalue weighted by atomic mass is 10.1. The third-order valence-electron chi connectivity index (χ3n) is 3.66. The van der Waals surface area contributed by atoms with Crippen molar-refractivity contribution in [2.75, 3.05) is 18.4 Å². The number of carbonyl (C=O) groups excluding carboxylic acids is 1. The van der Waals surface area contributed by atoms with Crippen molar-refractivity contribution < 1.29 is 13.2 Å². The number of aryl methyl sites for hydroxylation is 2. The van der Waals surface area contributed by atoms with Gasteiger partial charge in [0, 0.05) is 12.2 Å². The van der Waals surface area contributed by atoms with Crippen molar-refractivity contribution in [1.29, 1.82) is 0 Å². The van der Waals surface area contributed by atoms with Crippen molar-refractivity contribution in [3.63, 3.8) is 0 Å². The average Bonchev–Trinajstić information content (AvgIpc) is 2.52.